The summed E-state index contributed by atoms with van der Waals surface area (Å²) in [6.45, 7) is 0. The van der Waals surface area contributed by atoms with Gasteiger partial charge in [0, 0.05) is 6.07 Å². The summed E-state index contributed by atoms with van der Waals surface area (Å²) >= 11 is 0. The minimum atomic E-state index is -2.04. The van der Waals surface area contributed by atoms with Gasteiger partial charge in [0.25, 0.3) is 0 Å². The molecule has 0 saturated heterocycles. The monoisotopic (exact) mass is 256 g/mol. The molecule has 11 heteroatoms. The minimum Gasteiger partial charge on any atom is -0.545 e. The van der Waals surface area contributed by atoms with Crippen LogP contribution in [0.5, 0.6) is 0 Å². The van der Waals surface area contributed by atoms with Gasteiger partial charge in [-0.15, -0.1) is 0 Å². The quantitative estimate of drug-likeness (QED) is 0.525. The van der Waals surface area contributed by atoms with Gasteiger partial charge in [-0.3, -0.25) is 30.3 Å². The molecule has 1 aromatic rings. The summed E-state index contributed by atoms with van der Waals surface area (Å²) in [5.41, 5.74) is -5.24. The summed E-state index contributed by atoms with van der Waals surface area (Å²) in [5, 5.41) is 42.3. The fraction of sp³-hybridized carbons (Fsp3) is 0. The van der Waals surface area contributed by atoms with E-state index in [4.69, 9.17) is 0 Å². The largest absolute Gasteiger partial charge is 0.545 e. The molecule has 0 N–H and O–H groups in total. The van der Waals surface area contributed by atoms with Gasteiger partial charge in [0.05, 0.1) is 26.3 Å². The zero-order valence-corrected chi connectivity index (χ0v) is 8.26. The first-order chi connectivity index (χ1) is 8.27. The average molecular weight is 256 g/mol. The van der Waals surface area contributed by atoms with E-state index in [2.05, 4.69) is 0 Å². The summed E-state index contributed by atoms with van der Waals surface area (Å²) in [6.07, 6.45) is 0. The number of carboxylic acid groups (broad SMARTS) is 1. The highest BCUT2D eigenvalue weighted by Crippen LogP contribution is 2.38. The van der Waals surface area contributed by atoms with Crippen LogP contribution in [0.1, 0.15) is 10.4 Å². The van der Waals surface area contributed by atoms with E-state index in [1.807, 2.05) is 0 Å². The lowest BCUT2D eigenvalue weighted by atomic mass is 10.1. The summed E-state index contributed by atoms with van der Waals surface area (Å²) in [6, 6.07) is 1.01. The Bertz CT molecular complexity index is 529. The van der Waals surface area contributed by atoms with E-state index < -0.39 is 43.4 Å². The number of hydrogen-bond donors (Lipinski definition) is 0. The third kappa shape index (κ3) is 2.04. The number of carbonyl (C=O) groups excluding carboxylic acids is 1. The van der Waals surface area contributed by atoms with E-state index in [1.165, 1.54) is 0 Å². The molecule has 0 unspecified atom stereocenters. The molecule has 0 amide bonds. The lowest BCUT2D eigenvalue weighted by Gasteiger charge is -2.03. The Balaban J connectivity index is 3.82. The Morgan fingerprint density at radius 3 is 1.72 bits per heavy atom. The minimum absolute atomic E-state index is 0.496. The number of carbonyl (C=O) groups is 1. The lowest BCUT2D eigenvalue weighted by molar-refractivity contribution is -0.441. The second-order valence-corrected chi connectivity index (χ2v) is 2.89. The van der Waals surface area contributed by atoms with Crippen LogP contribution >= 0.6 is 0 Å². The van der Waals surface area contributed by atoms with Gasteiger partial charge in [0.1, 0.15) is 0 Å². The molecule has 94 valence electrons. The molecule has 0 radical (unpaired) electrons. The van der Waals surface area contributed by atoms with Crippen molar-refractivity contribution >= 4 is 23.0 Å². The summed E-state index contributed by atoms with van der Waals surface area (Å²) < 4.78 is 0. The van der Waals surface area contributed by atoms with Crippen molar-refractivity contribution in [3.63, 3.8) is 0 Å². The first-order valence-electron chi connectivity index (χ1n) is 4.09. The highest BCUT2D eigenvalue weighted by atomic mass is 16.6. The molecule has 0 saturated carbocycles. The normalized spacial score (nSPS) is 9.78. The molecule has 11 nitrogen and oxygen atoms in total. The maximum atomic E-state index is 10.6. The molecule has 1 aromatic carbocycles. The maximum Gasteiger partial charge on any atom is 0.423 e. The number of aromatic carboxylic acids is 1. The molecule has 0 heterocycles. The molecule has 18 heavy (non-hydrogen) atoms. The van der Waals surface area contributed by atoms with Gasteiger partial charge in [0.2, 0.25) is 0 Å². The van der Waals surface area contributed by atoms with Crippen molar-refractivity contribution in [3.8, 4) is 0 Å². The van der Waals surface area contributed by atoms with Crippen LogP contribution in [-0.2, 0) is 0 Å². The Hall–Kier alpha value is -3.11. The third-order valence-corrected chi connectivity index (χ3v) is 1.91. The number of carboxylic acids is 1. The molecule has 0 atom stereocenters. The first kappa shape index (κ1) is 13.0. The molecule has 0 aromatic heterocycles. The maximum absolute atomic E-state index is 10.6. The molecule has 1 rings (SSSR count). The topological polar surface area (TPSA) is 170 Å². The van der Waals surface area contributed by atoms with E-state index in [0.717, 1.165) is 0 Å². The Morgan fingerprint density at radius 2 is 1.39 bits per heavy atom. The molecule has 0 bridgehead atoms. The lowest BCUT2D eigenvalue weighted by Crippen LogP contribution is -2.24. The van der Waals surface area contributed by atoms with Crippen LogP contribution in [0.2, 0.25) is 0 Å². The first-order valence-corrected chi connectivity index (χ1v) is 4.09. The SMILES string of the molecule is O=C([O-])c1ccc([N+](=O)[O-])c([N+](=O)[O-])c1[N+](=O)[O-]. The van der Waals surface area contributed by atoms with Crippen molar-refractivity contribution in [1.82, 2.24) is 0 Å². The zero-order chi connectivity index (χ0) is 14.0. The Morgan fingerprint density at radius 1 is 0.889 bits per heavy atom. The van der Waals surface area contributed by atoms with E-state index in [-0.39, 0.29) is 0 Å². The molecule has 0 aliphatic carbocycles. The molecule has 0 aliphatic heterocycles. The number of nitrogens with zero attached hydrogens (tertiary/aromatic N) is 3. The highest BCUT2D eigenvalue weighted by Gasteiger charge is 2.38. The van der Waals surface area contributed by atoms with Crippen molar-refractivity contribution in [2.75, 3.05) is 0 Å². The number of rotatable bonds is 4. The van der Waals surface area contributed by atoms with Crippen LogP contribution < -0.4 is 5.11 Å². The zero-order valence-electron chi connectivity index (χ0n) is 8.26. The predicted molar refractivity (Wildman–Crippen MR) is 50.7 cm³/mol. The van der Waals surface area contributed by atoms with Gasteiger partial charge in [-0.25, -0.2) is 0 Å². The second kappa shape index (κ2) is 4.40. The van der Waals surface area contributed by atoms with Gasteiger partial charge in [-0.1, -0.05) is 0 Å². The molecule has 0 fully saturated rings. The van der Waals surface area contributed by atoms with E-state index in [0.29, 0.717) is 12.1 Å². The van der Waals surface area contributed by atoms with Crippen molar-refractivity contribution in [2.24, 2.45) is 0 Å². The van der Waals surface area contributed by atoms with Gasteiger partial charge >= 0.3 is 17.1 Å². The highest BCUT2D eigenvalue weighted by molar-refractivity contribution is 5.94. The van der Waals surface area contributed by atoms with Crippen molar-refractivity contribution in [1.29, 1.82) is 0 Å². The van der Waals surface area contributed by atoms with Crippen LogP contribution in [0.4, 0.5) is 17.1 Å². The number of nitro groups is 3. The Labute approximate surface area is 96.7 Å². The van der Waals surface area contributed by atoms with Gasteiger partial charge in [0.15, 0.2) is 0 Å². The number of hydrogen-bond acceptors (Lipinski definition) is 8. The molecular formula is C7H2N3O8-. The van der Waals surface area contributed by atoms with E-state index in [1.54, 1.807) is 0 Å². The molecule has 0 aliphatic rings. The van der Waals surface area contributed by atoms with Gasteiger partial charge in [-0.2, -0.15) is 0 Å². The molecule has 0 spiro atoms. The van der Waals surface area contributed by atoms with Crippen LogP contribution in [0.15, 0.2) is 12.1 Å². The number of nitro benzene ring substituents is 3. The second-order valence-electron chi connectivity index (χ2n) is 2.89. The summed E-state index contributed by atoms with van der Waals surface area (Å²) in [7, 11) is 0. The number of benzene rings is 1. The van der Waals surface area contributed by atoms with Crippen molar-refractivity contribution < 1.29 is 24.7 Å². The van der Waals surface area contributed by atoms with Crippen LogP contribution in [-0.4, -0.2) is 20.7 Å². The smallest absolute Gasteiger partial charge is 0.423 e. The molecular weight excluding hydrogens is 254 g/mol. The fourth-order valence-electron chi connectivity index (χ4n) is 1.25. The average Bonchev–Trinajstić information content (AvgIpc) is 2.26. The third-order valence-electron chi connectivity index (χ3n) is 1.91. The summed E-state index contributed by atoms with van der Waals surface area (Å²) in [4.78, 5) is 38.3. The van der Waals surface area contributed by atoms with Crippen LogP contribution in [0.3, 0.4) is 0 Å². The van der Waals surface area contributed by atoms with Crippen LogP contribution in [0, 0.1) is 30.3 Å². The van der Waals surface area contributed by atoms with E-state index >= 15 is 0 Å². The van der Waals surface area contributed by atoms with Crippen molar-refractivity contribution in [3.05, 3.63) is 48.0 Å². The van der Waals surface area contributed by atoms with Crippen LogP contribution in [0.25, 0.3) is 0 Å². The standard InChI is InChI=1S/C7H3N3O8/c11-7(12)3-1-2-4(8(13)14)6(10(17)18)5(3)9(15)16/h1-2H,(H,11,12)/p-1. The Kier molecular flexibility index (Phi) is 3.17. The fourth-order valence-corrected chi connectivity index (χ4v) is 1.25. The predicted octanol–water partition coefficient (Wildman–Crippen LogP) is -0.225. The van der Waals surface area contributed by atoms with Gasteiger partial charge in [-0.05, 0) is 6.07 Å². The van der Waals surface area contributed by atoms with E-state index in [9.17, 15) is 40.2 Å². The summed E-state index contributed by atoms with van der Waals surface area (Å²) in [5.74, 6) is -2.04. The van der Waals surface area contributed by atoms with Crippen molar-refractivity contribution in [2.45, 2.75) is 0 Å². The van der Waals surface area contributed by atoms with Gasteiger partial charge < -0.3 is 9.90 Å².